The van der Waals surface area contributed by atoms with Gasteiger partial charge < -0.3 is 45.4 Å². The molecule has 4 amide bonds. The molecule has 0 bridgehead atoms. The fraction of sp³-hybridized carbons (Fsp3) is 0.673. The van der Waals surface area contributed by atoms with Gasteiger partial charge in [0.2, 0.25) is 23.6 Å². The first-order valence-corrected chi connectivity index (χ1v) is 26.0. The number of halogens is 3. The van der Waals surface area contributed by atoms with Crippen molar-refractivity contribution in [3.05, 3.63) is 60.2 Å². The Labute approximate surface area is 415 Å². The minimum atomic E-state index is -4.53. The molecule has 2 saturated carbocycles. The number of nitrogens with zero attached hydrogens (tertiary/aromatic N) is 6. The van der Waals surface area contributed by atoms with Gasteiger partial charge in [0, 0.05) is 62.8 Å². The Morgan fingerprint density at radius 1 is 0.873 bits per heavy atom. The lowest BCUT2D eigenvalue weighted by Crippen LogP contribution is -2.59. The Kier molecular flexibility index (Phi) is 17.8. The molecule has 5 heterocycles. The van der Waals surface area contributed by atoms with E-state index in [-0.39, 0.29) is 71.3 Å². The Hall–Kier alpha value is -4.98. The predicted octanol–water partition coefficient (Wildman–Crippen LogP) is 5.60. The zero-order chi connectivity index (χ0) is 50.1. The third-order valence-corrected chi connectivity index (χ3v) is 15.7. The van der Waals surface area contributed by atoms with Crippen molar-refractivity contribution in [3.8, 4) is 0 Å². The third kappa shape index (κ3) is 13.4. The number of carbonyl (C=O) groups is 4. The van der Waals surface area contributed by atoms with Crippen LogP contribution in [0.5, 0.6) is 0 Å². The lowest BCUT2D eigenvalue weighted by molar-refractivity contribution is -0.137. The molecular formula is C52H73F3N10O6. The van der Waals surface area contributed by atoms with Crippen LogP contribution in [0.25, 0.3) is 10.9 Å². The maximum atomic E-state index is 14.1. The van der Waals surface area contributed by atoms with Crippen molar-refractivity contribution in [2.45, 2.75) is 121 Å². The molecule has 19 heteroatoms. The molecule has 4 N–H and O–H groups in total. The number of hydrogen-bond donors (Lipinski definition) is 4. The molecule has 3 aromatic rings. The van der Waals surface area contributed by atoms with Gasteiger partial charge in [-0.2, -0.15) is 13.2 Å². The molecule has 5 fully saturated rings. The summed E-state index contributed by atoms with van der Waals surface area (Å²) in [5.41, 5.74) is 0.396. The summed E-state index contributed by atoms with van der Waals surface area (Å²) in [5, 5.41) is 13.4. The maximum absolute atomic E-state index is 14.1. The van der Waals surface area contributed by atoms with E-state index in [9.17, 15) is 32.3 Å². The van der Waals surface area contributed by atoms with Gasteiger partial charge >= 0.3 is 6.18 Å². The third-order valence-electron chi connectivity index (χ3n) is 15.7. The molecule has 8 rings (SSSR count). The van der Waals surface area contributed by atoms with Crippen LogP contribution >= 0.6 is 0 Å². The van der Waals surface area contributed by atoms with Crippen LogP contribution < -0.4 is 21.3 Å². The van der Waals surface area contributed by atoms with Crippen LogP contribution in [0.1, 0.15) is 102 Å². The number of amides is 4. The summed E-state index contributed by atoms with van der Waals surface area (Å²) >= 11 is 0. The molecular weight excluding hydrogens is 918 g/mol. The lowest BCUT2D eigenvalue weighted by Gasteiger charge is -2.43. The van der Waals surface area contributed by atoms with E-state index in [2.05, 4.69) is 55.0 Å². The number of alkyl halides is 3. The van der Waals surface area contributed by atoms with E-state index in [4.69, 9.17) is 9.47 Å². The number of aromatic nitrogens is 3. The van der Waals surface area contributed by atoms with Crippen molar-refractivity contribution in [1.82, 2.24) is 45.6 Å². The van der Waals surface area contributed by atoms with E-state index in [1.807, 2.05) is 17.0 Å². The van der Waals surface area contributed by atoms with Crippen molar-refractivity contribution in [2.24, 2.45) is 29.6 Å². The van der Waals surface area contributed by atoms with Gasteiger partial charge in [-0.05, 0) is 131 Å². The van der Waals surface area contributed by atoms with Crippen molar-refractivity contribution in [1.29, 1.82) is 0 Å². The van der Waals surface area contributed by atoms with Gasteiger partial charge in [0.15, 0.2) is 0 Å². The summed E-state index contributed by atoms with van der Waals surface area (Å²) < 4.78 is 52.4. The summed E-state index contributed by atoms with van der Waals surface area (Å²) in [6.45, 7) is 10.9. The predicted molar refractivity (Wildman–Crippen MR) is 262 cm³/mol. The molecule has 2 aliphatic carbocycles. The number of carbonyl (C=O) groups excluding carboxylic acids is 4. The molecule has 3 aliphatic heterocycles. The summed E-state index contributed by atoms with van der Waals surface area (Å²) in [5.74, 6) is 1.10. The van der Waals surface area contributed by atoms with Crippen molar-refractivity contribution < 1.29 is 41.8 Å². The van der Waals surface area contributed by atoms with E-state index >= 15 is 0 Å². The standard InChI is InChI=1S/C52H73F3N10O6/c1-33(2)30-58-39-11-13-45(65-21-16-43(51(65)69)61-48-40-27-38(52(53,54)55)10-12-42(40)59-32-60-48)44(28-39)62-49(67)36-8-6-34(7-9-36)35-14-19-64(20-15-35)22-24-71-26-25-70-23-18-57-50(68)41-29-46(66)63(3)47(41)37-5-4-17-56-31-37/h4-5,10,12,17,27,31-36,39,41,43-45,47,58H,6-9,11,13-16,18-26,28-30H2,1-3H3,(H,57,68)(H,62,67)(H,59,60,61)/t34?,36?,39-,41+,43+,44-,45+,47-/m1/s1. The first-order chi connectivity index (χ1) is 34.2. The molecule has 6 atom stereocenters. The van der Waals surface area contributed by atoms with E-state index in [0.29, 0.717) is 69.2 Å². The van der Waals surface area contributed by atoms with Crippen LogP contribution in [0.3, 0.4) is 0 Å². The SMILES string of the molecule is CC(C)CN[C@@H]1CC[C@H](N2CC[C@H](Nc3ncnc4ccc(C(F)(F)F)cc34)C2=O)[C@H](NC(=O)C2CCC(C3CCN(CCOCCOCCNC(=O)[C@H]4CC(=O)N(C)[C@@H]4c4cccnc4)CC3)CC2)C1. The highest BCUT2D eigenvalue weighted by Gasteiger charge is 2.45. The Balaban J connectivity index is 0.729. The van der Waals surface area contributed by atoms with Gasteiger partial charge in [-0.3, -0.25) is 24.2 Å². The number of likely N-dealkylation sites (tertiary alicyclic amines) is 3. The number of piperidine rings is 1. The molecule has 388 valence electrons. The van der Waals surface area contributed by atoms with Crippen LogP contribution in [0, 0.1) is 29.6 Å². The zero-order valence-corrected chi connectivity index (χ0v) is 41.5. The summed E-state index contributed by atoms with van der Waals surface area (Å²) in [6, 6.07) is 5.86. The Morgan fingerprint density at radius 3 is 2.37 bits per heavy atom. The maximum Gasteiger partial charge on any atom is 0.416 e. The topological polar surface area (TPSA) is 183 Å². The fourth-order valence-corrected chi connectivity index (χ4v) is 11.8. The monoisotopic (exact) mass is 991 g/mol. The number of fused-ring (bicyclic) bond motifs is 1. The summed E-state index contributed by atoms with van der Waals surface area (Å²) in [4.78, 5) is 72.1. The van der Waals surface area contributed by atoms with Crippen molar-refractivity contribution in [3.63, 3.8) is 0 Å². The van der Waals surface area contributed by atoms with E-state index in [1.54, 1.807) is 24.3 Å². The van der Waals surface area contributed by atoms with Crippen LogP contribution in [0.4, 0.5) is 19.0 Å². The van der Waals surface area contributed by atoms with Crippen LogP contribution in [0.2, 0.25) is 0 Å². The van der Waals surface area contributed by atoms with Crippen LogP contribution in [-0.2, 0) is 34.8 Å². The van der Waals surface area contributed by atoms with E-state index < -0.39 is 23.7 Å². The molecule has 0 radical (unpaired) electrons. The number of hydrogen-bond acceptors (Lipinski definition) is 12. The van der Waals surface area contributed by atoms with Gasteiger partial charge in [-0.1, -0.05) is 19.9 Å². The van der Waals surface area contributed by atoms with Gasteiger partial charge in [-0.25, -0.2) is 9.97 Å². The largest absolute Gasteiger partial charge is 0.416 e. The first kappa shape index (κ1) is 52.3. The van der Waals surface area contributed by atoms with Crippen molar-refractivity contribution in [2.75, 3.05) is 78.1 Å². The number of ether oxygens (including phenoxy) is 2. The number of pyridine rings is 1. The minimum absolute atomic E-state index is 0.0589. The smallest absolute Gasteiger partial charge is 0.378 e. The molecule has 2 aromatic heterocycles. The molecule has 3 saturated heterocycles. The Morgan fingerprint density at radius 2 is 1.63 bits per heavy atom. The number of rotatable bonds is 20. The normalized spacial score (nSPS) is 26.9. The van der Waals surface area contributed by atoms with Crippen LogP contribution in [0.15, 0.2) is 49.1 Å². The quantitative estimate of drug-likeness (QED) is 0.103. The molecule has 0 unspecified atom stereocenters. The highest BCUT2D eigenvalue weighted by atomic mass is 19.4. The van der Waals surface area contributed by atoms with Gasteiger partial charge in [0.25, 0.3) is 0 Å². The zero-order valence-electron chi connectivity index (χ0n) is 41.5. The highest BCUT2D eigenvalue weighted by Crippen LogP contribution is 2.40. The second-order valence-corrected chi connectivity index (χ2v) is 20.8. The fourth-order valence-electron chi connectivity index (χ4n) is 11.8. The first-order valence-electron chi connectivity index (χ1n) is 26.0. The molecule has 71 heavy (non-hydrogen) atoms. The van der Waals surface area contributed by atoms with E-state index in [1.165, 1.54) is 12.4 Å². The molecule has 5 aliphatic rings. The average molecular weight is 991 g/mol. The molecule has 0 spiro atoms. The second kappa shape index (κ2) is 24.2. The highest BCUT2D eigenvalue weighted by molar-refractivity contribution is 5.93. The summed E-state index contributed by atoms with van der Waals surface area (Å²) in [7, 11) is 1.73. The minimum Gasteiger partial charge on any atom is -0.378 e. The van der Waals surface area contributed by atoms with Gasteiger partial charge in [0.05, 0.1) is 61.6 Å². The number of benzene rings is 1. The average Bonchev–Trinajstić information content (AvgIpc) is 3.88. The number of anilines is 1. The molecule has 1 aromatic carbocycles. The Bertz CT molecular complexity index is 2260. The second-order valence-electron chi connectivity index (χ2n) is 20.8. The lowest BCUT2D eigenvalue weighted by atomic mass is 9.72. The van der Waals surface area contributed by atoms with Crippen LogP contribution in [-0.4, -0.2) is 150 Å². The van der Waals surface area contributed by atoms with Gasteiger partial charge in [0.1, 0.15) is 18.2 Å². The molecule has 16 nitrogen and oxygen atoms in total. The number of nitrogens with one attached hydrogen (secondary N) is 4. The van der Waals surface area contributed by atoms with E-state index in [0.717, 1.165) is 102 Å². The van der Waals surface area contributed by atoms with Gasteiger partial charge in [-0.15, -0.1) is 0 Å². The van der Waals surface area contributed by atoms with Crippen molar-refractivity contribution >= 4 is 40.3 Å². The summed E-state index contributed by atoms with van der Waals surface area (Å²) in [6.07, 6.45) is 9.16.